The van der Waals surface area contributed by atoms with E-state index in [0.717, 1.165) is 0 Å². The minimum absolute atomic E-state index is 0.00477. The van der Waals surface area contributed by atoms with Gasteiger partial charge in [-0.05, 0) is 29.8 Å². The average Bonchev–Trinajstić information content (AvgIpc) is 2.42. The van der Waals surface area contributed by atoms with Crippen molar-refractivity contribution in [3.63, 3.8) is 0 Å². The number of aromatic hydroxyl groups is 2. The van der Waals surface area contributed by atoms with Crippen LogP contribution in [0.4, 0.5) is 10.1 Å². The van der Waals surface area contributed by atoms with Crippen molar-refractivity contribution in [1.29, 1.82) is 0 Å². The van der Waals surface area contributed by atoms with Crippen LogP contribution in [-0.4, -0.2) is 21.7 Å². The average molecular weight is 271 g/mol. The number of phenols is 2. The Morgan fingerprint density at radius 2 is 1.95 bits per heavy atom. The molecule has 2 aromatic carbocycles. The number of hydrogen-bond donors (Lipinski definition) is 2. The van der Waals surface area contributed by atoms with Gasteiger partial charge in [-0.25, -0.2) is 4.39 Å². The molecule has 1 aliphatic rings. The third-order valence-electron chi connectivity index (χ3n) is 3.15. The minimum atomic E-state index is -0.463. The molecule has 0 amide bonds. The highest BCUT2D eigenvalue weighted by atomic mass is 19.1. The summed E-state index contributed by atoms with van der Waals surface area (Å²) >= 11 is 0. The van der Waals surface area contributed by atoms with Crippen molar-refractivity contribution >= 4 is 17.2 Å². The summed E-state index contributed by atoms with van der Waals surface area (Å²) in [6.45, 7) is 0. The Labute approximate surface area is 113 Å². The molecule has 20 heavy (non-hydrogen) atoms. The number of nitrogens with zero attached hydrogens (tertiary/aromatic N) is 1. The van der Waals surface area contributed by atoms with E-state index in [9.17, 15) is 19.4 Å². The zero-order valence-corrected chi connectivity index (χ0v) is 10.3. The van der Waals surface area contributed by atoms with Crippen LogP contribution in [0.1, 0.15) is 22.3 Å². The van der Waals surface area contributed by atoms with Crippen molar-refractivity contribution in [1.82, 2.24) is 0 Å². The molecule has 0 bridgehead atoms. The van der Waals surface area contributed by atoms with Gasteiger partial charge in [0.25, 0.3) is 0 Å². The van der Waals surface area contributed by atoms with Crippen LogP contribution in [0.15, 0.2) is 41.4 Å². The molecule has 0 radical (unpaired) electrons. The first-order chi connectivity index (χ1) is 9.56. The molecule has 100 valence electrons. The topological polar surface area (TPSA) is 69.9 Å². The normalized spacial score (nSPS) is 13.8. The van der Waals surface area contributed by atoms with Gasteiger partial charge in [0.2, 0.25) is 0 Å². The Morgan fingerprint density at radius 3 is 2.70 bits per heavy atom. The Kier molecular flexibility index (Phi) is 2.75. The van der Waals surface area contributed by atoms with Crippen molar-refractivity contribution in [3.8, 4) is 11.5 Å². The number of carbonyl (C=O) groups excluding carboxylic acids is 1. The van der Waals surface area contributed by atoms with E-state index in [-0.39, 0.29) is 29.2 Å². The summed E-state index contributed by atoms with van der Waals surface area (Å²) in [6, 6.07) is 8.53. The Morgan fingerprint density at radius 1 is 1.15 bits per heavy atom. The number of halogens is 1. The summed E-state index contributed by atoms with van der Waals surface area (Å²) in [5.41, 5.74) is 1.24. The first-order valence-corrected chi connectivity index (χ1v) is 5.98. The lowest BCUT2D eigenvalue weighted by atomic mass is 9.95. The van der Waals surface area contributed by atoms with Crippen molar-refractivity contribution in [2.45, 2.75) is 6.42 Å². The lowest BCUT2D eigenvalue weighted by molar-refractivity contribution is 0.0996. The van der Waals surface area contributed by atoms with E-state index < -0.39 is 11.6 Å². The van der Waals surface area contributed by atoms with Crippen molar-refractivity contribution < 1.29 is 19.4 Å². The number of rotatable bonds is 1. The van der Waals surface area contributed by atoms with Gasteiger partial charge in [-0.3, -0.25) is 9.79 Å². The number of fused-ring (bicyclic) bond motifs is 1. The number of phenolic OH excluding ortho intramolecular Hbond substituents is 2. The number of hydrogen-bond acceptors (Lipinski definition) is 4. The van der Waals surface area contributed by atoms with Gasteiger partial charge in [-0.1, -0.05) is 12.1 Å². The van der Waals surface area contributed by atoms with E-state index in [2.05, 4.69) is 4.99 Å². The summed E-state index contributed by atoms with van der Waals surface area (Å²) in [4.78, 5) is 16.3. The molecule has 0 saturated heterocycles. The van der Waals surface area contributed by atoms with Crippen molar-refractivity contribution in [3.05, 3.63) is 53.3 Å². The highest BCUT2D eigenvalue weighted by Gasteiger charge is 2.25. The van der Waals surface area contributed by atoms with Gasteiger partial charge < -0.3 is 10.2 Å². The highest BCUT2D eigenvalue weighted by molar-refractivity contribution is 6.22. The number of Topliss-reactive ketones (excluding diaryl/α,β-unsaturated/α-hetero) is 1. The molecule has 1 aliphatic heterocycles. The van der Waals surface area contributed by atoms with E-state index in [0.29, 0.717) is 11.3 Å². The summed E-state index contributed by atoms with van der Waals surface area (Å²) in [7, 11) is 0. The fourth-order valence-corrected chi connectivity index (χ4v) is 2.20. The van der Waals surface area contributed by atoms with Crippen molar-refractivity contribution in [2.24, 2.45) is 4.99 Å². The molecule has 0 spiro atoms. The lowest BCUT2D eigenvalue weighted by Gasteiger charge is -2.16. The van der Waals surface area contributed by atoms with E-state index in [1.165, 1.54) is 24.3 Å². The summed E-state index contributed by atoms with van der Waals surface area (Å²) < 4.78 is 13.2. The third-order valence-corrected chi connectivity index (χ3v) is 3.15. The fourth-order valence-electron chi connectivity index (χ4n) is 2.20. The largest absolute Gasteiger partial charge is 0.504 e. The standard InChI is InChI=1S/C15H10FNO3/c16-9-3-1-2-8(6-9)11-7-13(19)14-10(17-11)4-5-12(18)15(14)20/h1-6,18,20H,7H2. The third kappa shape index (κ3) is 1.93. The van der Waals surface area contributed by atoms with Gasteiger partial charge in [0.15, 0.2) is 17.3 Å². The van der Waals surface area contributed by atoms with Gasteiger partial charge in [0, 0.05) is 0 Å². The quantitative estimate of drug-likeness (QED) is 0.783. The molecular weight excluding hydrogens is 261 g/mol. The first kappa shape index (κ1) is 12.3. The Hall–Kier alpha value is -2.69. The lowest BCUT2D eigenvalue weighted by Crippen LogP contribution is -2.14. The second-order valence-electron chi connectivity index (χ2n) is 4.50. The maximum atomic E-state index is 13.2. The van der Waals surface area contributed by atoms with E-state index in [4.69, 9.17) is 0 Å². The van der Waals surface area contributed by atoms with E-state index >= 15 is 0 Å². The number of ketones is 1. The monoisotopic (exact) mass is 271 g/mol. The molecule has 0 aromatic heterocycles. The summed E-state index contributed by atoms with van der Waals surface area (Å²) in [5.74, 6) is -1.59. The molecule has 1 heterocycles. The summed E-state index contributed by atoms with van der Waals surface area (Å²) in [5, 5.41) is 19.1. The fraction of sp³-hybridized carbons (Fsp3) is 0.0667. The van der Waals surface area contributed by atoms with E-state index in [1.807, 2.05) is 0 Å². The van der Waals surface area contributed by atoms with Gasteiger partial charge in [-0.2, -0.15) is 0 Å². The molecule has 5 heteroatoms. The number of carbonyl (C=O) groups is 1. The van der Waals surface area contributed by atoms with Crippen LogP contribution in [0.5, 0.6) is 11.5 Å². The van der Waals surface area contributed by atoms with Crippen LogP contribution in [0.2, 0.25) is 0 Å². The van der Waals surface area contributed by atoms with Crippen molar-refractivity contribution in [2.75, 3.05) is 0 Å². The molecule has 3 rings (SSSR count). The molecule has 0 saturated carbocycles. The molecule has 2 N–H and O–H groups in total. The van der Waals surface area contributed by atoms with Crippen LogP contribution in [0, 0.1) is 5.82 Å². The maximum absolute atomic E-state index is 13.2. The highest BCUT2D eigenvalue weighted by Crippen LogP contribution is 2.39. The molecule has 0 aliphatic carbocycles. The molecular formula is C15H10FNO3. The maximum Gasteiger partial charge on any atom is 0.174 e. The van der Waals surface area contributed by atoms with Crippen LogP contribution < -0.4 is 0 Å². The second kappa shape index (κ2) is 4.45. The first-order valence-electron chi connectivity index (χ1n) is 5.98. The van der Waals surface area contributed by atoms with E-state index in [1.54, 1.807) is 12.1 Å². The zero-order chi connectivity index (χ0) is 14.3. The Bertz CT molecular complexity index is 753. The van der Waals surface area contributed by atoms with Gasteiger partial charge in [0.1, 0.15) is 5.82 Å². The number of aliphatic imine (C=N–C) groups is 1. The van der Waals surface area contributed by atoms with Gasteiger partial charge in [-0.15, -0.1) is 0 Å². The smallest absolute Gasteiger partial charge is 0.174 e. The minimum Gasteiger partial charge on any atom is -0.504 e. The molecule has 2 aromatic rings. The SMILES string of the molecule is O=C1CC(c2cccc(F)c2)=Nc2ccc(O)c(O)c21. The predicted molar refractivity (Wildman–Crippen MR) is 71.3 cm³/mol. The van der Waals surface area contributed by atoms with Crippen LogP contribution in [-0.2, 0) is 0 Å². The predicted octanol–water partition coefficient (Wildman–Crippen LogP) is 2.94. The molecule has 4 nitrogen and oxygen atoms in total. The summed E-state index contributed by atoms with van der Waals surface area (Å²) in [6.07, 6.45) is -0.0481. The molecule has 0 unspecified atom stereocenters. The van der Waals surface area contributed by atoms with Gasteiger partial charge in [0.05, 0.1) is 23.4 Å². The second-order valence-corrected chi connectivity index (χ2v) is 4.50. The molecule has 0 atom stereocenters. The van der Waals surface area contributed by atoms with Crippen LogP contribution >= 0.6 is 0 Å². The molecule has 0 fully saturated rings. The zero-order valence-electron chi connectivity index (χ0n) is 10.3. The van der Waals surface area contributed by atoms with Gasteiger partial charge >= 0.3 is 0 Å². The Balaban J connectivity index is 2.15. The number of benzene rings is 2. The van der Waals surface area contributed by atoms with Crippen LogP contribution in [0.3, 0.4) is 0 Å². The van der Waals surface area contributed by atoms with Crippen LogP contribution in [0.25, 0.3) is 0 Å².